The highest BCUT2D eigenvalue weighted by molar-refractivity contribution is 5.30. The molecule has 1 aromatic rings. The molecule has 3 nitrogen and oxygen atoms in total. The van der Waals surface area contributed by atoms with Crippen LogP contribution in [0.15, 0.2) is 24.3 Å². The summed E-state index contributed by atoms with van der Waals surface area (Å²) in [5.41, 5.74) is 8.99. The Morgan fingerprint density at radius 1 is 1.10 bits per heavy atom. The summed E-state index contributed by atoms with van der Waals surface area (Å²) in [6.07, 6.45) is 1.08. The zero-order valence-electron chi connectivity index (χ0n) is 13.9. The molecule has 1 aromatic carbocycles. The van der Waals surface area contributed by atoms with Crippen LogP contribution < -0.4 is 5.73 Å². The molecule has 1 saturated heterocycles. The van der Waals surface area contributed by atoms with E-state index in [2.05, 4.69) is 54.8 Å². The van der Waals surface area contributed by atoms with Gasteiger partial charge in [0.2, 0.25) is 0 Å². The summed E-state index contributed by atoms with van der Waals surface area (Å²) < 4.78 is 0. The van der Waals surface area contributed by atoms with E-state index in [1.54, 1.807) is 0 Å². The van der Waals surface area contributed by atoms with E-state index >= 15 is 0 Å². The van der Waals surface area contributed by atoms with Crippen molar-refractivity contribution in [2.24, 2.45) is 11.7 Å². The van der Waals surface area contributed by atoms with E-state index in [4.69, 9.17) is 5.73 Å². The molecule has 0 amide bonds. The molecule has 0 radical (unpaired) electrons. The molecule has 118 valence electrons. The molecule has 1 atom stereocenters. The monoisotopic (exact) mass is 289 g/mol. The van der Waals surface area contributed by atoms with Crippen LogP contribution in [0.4, 0.5) is 0 Å². The number of benzene rings is 1. The molecule has 1 aliphatic heterocycles. The summed E-state index contributed by atoms with van der Waals surface area (Å²) in [4.78, 5) is 5.16. The van der Waals surface area contributed by atoms with Gasteiger partial charge in [-0.1, -0.05) is 45.0 Å². The van der Waals surface area contributed by atoms with E-state index in [1.165, 1.54) is 30.8 Å². The number of aryl methyl sites for hydroxylation is 1. The molecular weight excluding hydrogens is 258 g/mol. The van der Waals surface area contributed by atoms with Crippen molar-refractivity contribution in [1.82, 2.24) is 9.80 Å². The zero-order valence-corrected chi connectivity index (χ0v) is 13.9. The maximum Gasteiger partial charge on any atom is 0.0474 e. The smallest absolute Gasteiger partial charge is 0.0474 e. The average Bonchev–Trinajstić information content (AvgIpc) is 2.49. The van der Waals surface area contributed by atoms with Gasteiger partial charge >= 0.3 is 0 Å². The molecule has 0 aliphatic carbocycles. The highest BCUT2D eigenvalue weighted by Crippen LogP contribution is 2.25. The van der Waals surface area contributed by atoms with Crippen LogP contribution in [-0.4, -0.2) is 49.1 Å². The first-order chi connectivity index (χ1) is 10.2. The van der Waals surface area contributed by atoms with E-state index < -0.39 is 0 Å². The largest absolute Gasteiger partial charge is 0.329 e. The second kappa shape index (κ2) is 7.92. The maximum absolute atomic E-state index is 6.12. The Hall–Kier alpha value is -0.900. The highest BCUT2D eigenvalue weighted by Gasteiger charge is 2.25. The van der Waals surface area contributed by atoms with Gasteiger partial charge in [-0.25, -0.2) is 0 Å². The molecule has 1 fully saturated rings. The van der Waals surface area contributed by atoms with Crippen molar-refractivity contribution in [2.45, 2.75) is 33.2 Å². The normalized spacial score (nSPS) is 19.1. The van der Waals surface area contributed by atoms with E-state index in [1.807, 2.05) is 0 Å². The minimum atomic E-state index is 0.377. The lowest BCUT2D eigenvalue weighted by molar-refractivity contribution is 0.0909. The zero-order chi connectivity index (χ0) is 15.2. The number of rotatable bonds is 6. The van der Waals surface area contributed by atoms with Gasteiger partial charge in [0.25, 0.3) is 0 Å². The van der Waals surface area contributed by atoms with Crippen LogP contribution in [0.25, 0.3) is 0 Å². The lowest BCUT2D eigenvalue weighted by Gasteiger charge is -2.40. The number of nitrogens with two attached hydrogens (primary N) is 1. The van der Waals surface area contributed by atoms with Crippen molar-refractivity contribution in [3.8, 4) is 0 Å². The summed E-state index contributed by atoms with van der Waals surface area (Å²) in [6.45, 7) is 13.4. The molecule has 0 saturated carbocycles. The second-order valence-electron chi connectivity index (χ2n) is 6.53. The lowest BCUT2D eigenvalue weighted by atomic mass is 9.97. The van der Waals surface area contributed by atoms with Gasteiger partial charge in [0, 0.05) is 45.3 Å². The van der Waals surface area contributed by atoms with Crippen LogP contribution in [0.1, 0.15) is 37.9 Å². The SMILES string of the molecule is CCc1ccccc1C(CN)N1CCN(CC(C)C)CC1. The molecule has 0 bridgehead atoms. The minimum Gasteiger partial charge on any atom is -0.329 e. The summed E-state index contributed by atoms with van der Waals surface area (Å²) in [6, 6.07) is 9.16. The van der Waals surface area contributed by atoms with E-state index in [0.29, 0.717) is 12.6 Å². The Kier molecular flexibility index (Phi) is 6.22. The standard InChI is InChI=1S/C18H31N3/c1-4-16-7-5-6-8-17(16)18(13-19)21-11-9-20(10-12-21)14-15(2)3/h5-8,15,18H,4,9-14,19H2,1-3H3. The molecule has 21 heavy (non-hydrogen) atoms. The summed E-state index contributed by atoms with van der Waals surface area (Å²) in [7, 11) is 0. The first-order valence-corrected chi connectivity index (χ1v) is 8.40. The van der Waals surface area contributed by atoms with Gasteiger partial charge in [-0.15, -0.1) is 0 Å². The van der Waals surface area contributed by atoms with Gasteiger partial charge < -0.3 is 10.6 Å². The summed E-state index contributed by atoms with van der Waals surface area (Å²) in [5.74, 6) is 0.752. The Bertz CT molecular complexity index is 422. The first-order valence-electron chi connectivity index (χ1n) is 8.40. The molecule has 2 N–H and O–H groups in total. The van der Waals surface area contributed by atoms with Crippen molar-refractivity contribution in [1.29, 1.82) is 0 Å². The molecule has 0 aromatic heterocycles. The van der Waals surface area contributed by atoms with Gasteiger partial charge in [0.05, 0.1) is 0 Å². The average molecular weight is 289 g/mol. The van der Waals surface area contributed by atoms with Crippen LogP contribution in [-0.2, 0) is 6.42 Å². The first kappa shape index (κ1) is 16.5. The Labute approximate surface area is 130 Å². The van der Waals surface area contributed by atoms with Gasteiger partial charge in [-0.05, 0) is 23.5 Å². The van der Waals surface area contributed by atoms with Crippen molar-refractivity contribution in [3.05, 3.63) is 35.4 Å². The van der Waals surface area contributed by atoms with Gasteiger partial charge in [0.1, 0.15) is 0 Å². The highest BCUT2D eigenvalue weighted by atomic mass is 15.3. The Morgan fingerprint density at radius 2 is 1.76 bits per heavy atom. The number of hydrogen-bond donors (Lipinski definition) is 1. The summed E-state index contributed by atoms with van der Waals surface area (Å²) >= 11 is 0. The van der Waals surface area contributed by atoms with Gasteiger partial charge in [-0.3, -0.25) is 4.90 Å². The van der Waals surface area contributed by atoms with Crippen LogP contribution >= 0.6 is 0 Å². The molecule has 2 rings (SSSR count). The van der Waals surface area contributed by atoms with Crippen LogP contribution in [0.2, 0.25) is 0 Å². The molecule has 1 aliphatic rings. The predicted molar refractivity (Wildman–Crippen MR) is 90.5 cm³/mol. The van der Waals surface area contributed by atoms with E-state index in [9.17, 15) is 0 Å². The summed E-state index contributed by atoms with van der Waals surface area (Å²) in [5, 5.41) is 0. The van der Waals surface area contributed by atoms with E-state index in [-0.39, 0.29) is 0 Å². The topological polar surface area (TPSA) is 32.5 Å². The fourth-order valence-electron chi connectivity index (χ4n) is 3.43. The van der Waals surface area contributed by atoms with Crippen LogP contribution in [0, 0.1) is 5.92 Å². The fourth-order valence-corrected chi connectivity index (χ4v) is 3.43. The third-order valence-corrected chi connectivity index (χ3v) is 4.49. The molecule has 3 heteroatoms. The minimum absolute atomic E-state index is 0.377. The number of nitrogens with zero attached hydrogens (tertiary/aromatic N) is 2. The Balaban J connectivity index is 2.03. The van der Waals surface area contributed by atoms with Crippen molar-refractivity contribution in [2.75, 3.05) is 39.3 Å². The quantitative estimate of drug-likeness (QED) is 0.873. The lowest BCUT2D eigenvalue weighted by Crippen LogP contribution is -2.49. The van der Waals surface area contributed by atoms with Crippen LogP contribution in [0.3, 0.4) is 0 Å². The number of piperazine rings is 1. The van der Waals surface area contributed by atoms with Gasteiger partial charge in [-0.2, -0.15) is 0 Å². The third kappa shape index (κ3) is 4.29. The maximum atomic E-state index is 6.12. The van der Waals surface area contributed by atoms with Crippen molar-refractivity contribution < 1.29 is 0 Å². The van der Waals surface area contributed by atoms with Crippen molar-refractivity contribution in [3.63, 3.8) is 0 Å². The molecule has 0 spiro atoms. The number of hydrogen-bond acceptors (Lipinski definition) is 3. The van der Waals surface area contributed by atoms with Crippen molar-refractivity contribution >= 4 is 0 Å². The van der Waals surface area contributed by atoms with E-state index in [0.717, 1.165) is 25.4 Å². The molecule has 1 unspecified atom stereocenters. The predicted octanol–water partition coefficient (Wildman–Crippen LogP) is 2.52. The third-order valence-electron chi connectivity index (χ3n) is 4.49. The Morgan fingerprint density at radius 3 is 2.33 bits per heavy atom. The molecular formula is C18H31N3. The van der Waals surface area contributed by atoms with Crippen LogP contribution in [0.5, 0.6) is 0 Å². The fraction of sp³-hybridized carbons (Fsp3) is 0.667. The second-order valence-corrected chi connectivity index (χ2v) is 6.53. The van der Waals surface area contributed by atoms with Gasteiger partial charge in [0.15, 0.2) is 0 Å². The molecule has 1 heterocycles.